The van der Waals surface area contributed by atoms with Gasteiger partial charge in [0.1, 0.15) is 12.9 Å². The maximum atomic E-state index is 10.7. The zero-order valence-corrected chi connectivity index (χ0v) is 12.4. The second kappa shape index (κ2) is 7.48. The molecule has 0 aliphatic heterocycles. The summed E-state index contributed by atoms with van der Waals surface area (Å²) in [4.78, 5) is 10.7. The molecular formula is C18H20O3. The second-order valence-corrected chi connectivity index (χ2v) is 4.96. The number of carbonyl (C=O) groups excluding carboxylic acids is 1. The number of ether oxygens (including phenoxy) is 2. The Morgan fingerprint density at radius 2 is 1.86 bits per heavy atom. The van der Waals surface area contributed by atoms with Crippen LogP contribution in [0.15, 0.2) is 48.5 Å². The number of para-hydroxylation sites is 1. The Labute approximate surface area is 125 Å². The maximum Gasteiger partial charge on any atom is 0.164 e. The molecule has 0 aliphatic carbocycles. The lowest BCUT2D eigenvalue weighted by Gasteiger charge is -2.17. The lowest BCUT2D eigenvalue weighted by Crippen LogP contribution is -2.02. The summed E-state index contributed by atoms with van der Waals surface area (Å²) >= 11 is 0. The van der Waals surface area contributed by atoms with E-state index in [1.54, 1.807) is 7.11 Å². The van der Waals surface area contributed by atoms with E-state index in [0.717, 1.165) is 17.4 Å². The first kappa shape index (κ1) is 15.1. The van der Waals surface area contributed by atoms with Crippen molar-refractivity contribution in [2.75, 3.05) is 7.11 Å². The quantitative estimate of drug-likeness (QED) is 0.722. The molecule has 0 fully saturated rings. The van der Waals surface area contributed by atoms with E-state index in [-0.39, 0.29) is 5.92 Å². The molecule has 2 rings (SSSR count). The van der Waals surface area contributed by atoms with Crippen molar-refractivity contribution in [2.45, 2.75) is 25.9 Å². The van der Waals surface area contributed by atoms with E-state index in [4.69, 9.17) is 9.47 Å². The first-order valence-corrected chi connectivity index (χ1v) is 7.03. The average Bonchev–Trinajstić information content (AvgIpc) is 2.53. The van der Waals surface area contributed by atoms with Crippen molar-refractivity contribution in [1.29, 1.82) is 0 Å². The fourth-order valence-electron chi connectivity index (χ4n) is 2.26. The molecule has 0 N–H and O–H groups in total. The molecule has 0 saturated heterocycles. The Bertz CT molecular complexity index is 578. The highest BCUT2D eigenvalue weighted by Gasteiger charge is 2.15. The van der Waals surface area contributed by atoms with Gasteiger partial charge in [-0.25, -0.2) is 0 Å². The normalized spacial score (nSPS) is 11.7. The highest BCUT2D eigenvalue weighted by molar-refractivity contribution is 5.55. The molecule has 0 aromatic heterocycles. The highest BCUT2D eigenvalue weighted by atomic mass is 16.5. The van der Waals surface area contributed by atoms with Crippen LogP contribution < -0.4 is 9.47 Å². The van der Waals surface area contributed by atoms with Crippen LogP contribution in [0.5, 0.6) is 11.5 Å². The lowest BCUT2D eigenvalue weighted by atomic mass is 9.97. The molecule has 0 spiro atoms. The van der Waals surface area contributed by atoms with Crippen LogP contribution in [0.1, 0.15) is 30.4 Å². The van der Waals surface area contributed by atoms with Crippen LogP contribution in [0, 0.1) is 0 Å². The van der Waals surface area contributed by atoms with E-state index < -0.39 is 0 Å². The van der Waals surface area contributed by atoms with Crippen LogP contribution in [0.25, 0.3) is 0 Å². The largest absolute Gasteiger partial charge is 0.493 e. The summed E-state index contributed by atoms with van der Waals surface area (Å²) < 4.78 is 11.4. The van der Waals surface area contributed by atoms with E-state index >= 15 is 0 Å². The molecule has 0 saturated carbocycles. The van der Waals surface area contributed by atoms with Gasteiger partial charge < -0.3 is 14.3 Å². The molecule has 21 heavy (non-hydrogen) atoms. The van der Waals surface area contributed by atoms with E-state index in [1.165, 1.54) is 0 Å². The van der Waals surface area contributed by atoms with Crippen LogP contribution in [-0.4, -0.2) is 13.4 Å². The molecule has 110 valence electrons. The number of rotatable bonds is 7. The minimum Gasteiger partial charge on any atom is -0.493 e. The van der Waals surface area contributed by atoms with Gasteiger partial charge in [0.2, 0.25) is 0 Å². The molecule has 1 atom stereocenters. The number of hydrogen-bond acceptors (Lipinski definition) is 3. The van der Waals surface area contributed by atoms with E-state index in [1.807, 2.05) is 55.5 Å². The number of hydrogen-bond donors (Lipinski definition) is 0. The predicted octanol–water partition coefficient (Wildman–Crippen LogP) is 3.97. The van der Waals surface area contributed by atoms with Crippen molar-refractivity contribution in [1.82, 2.24) is 0 Å². The first-order chi connectivity index (χ1) is 10.3. The van der Waals surface area contributed by atoms with Gasteiger partial charge in [0.15, 0.2) is 11.5 Å². The monoisotopic (exact) mass is 284 g/mol. The molecule has 0 radical (unpaired) electrons. The maximum absolute atomic E-state index is 10.7. The SMILES string of the molecule is COc1c(OCc2ccccc2)cccc1C(C)CC=O. The summed E-state index contributed by atoms with van der Waals surface area (Å²) in [6.45, 7) is 2.50. The van der Waals surface area contributed by atoms with Gasteiger partial charge in [-0.1, -0.05) is 49.4 Å². The molecule has 0 aliphatic rings. The molecule has 1 unspecified atom stereocenters. The number of aldehydes is 1. The zero-order chi connectivity index (χ0) is 15.1. The summed E-state index contributed by atoms with van der Waals surface area (Å²) in [5.74, 6) is 1.53. The van der Waals surface area contributed by atoms with Gasteiger partial charge in [0.25, 0.3) is 0 Å². The van der Waals surface area contributed by atoms with Crippen LogP contribution >= 0.6 is 0 Å². The fraction of sp³-hybridized carbons (Fsp3) is 0.278. The summed E-state index contributed by atoms with van der Waals surface area (Å²) in [6.07, 6.45) is 1.40. The number of carbonyl (C=O) groups is 1. The fourth-order valence-corrected chi connectivity index (χ4v) is 2.26. The van der Waals surface area contributed by atoms with Crippen LogP contribution in [-0.2, 0) is 11.4 Å². The number of methoxy groups -OCH3 is 1. The van der Waals surface area contributed by atoms with Gasteiger partial charge >= 0.3 is 0 Å². The lowest BCUT2D eigenvalue weighted by molar-refractivity contribution is -0.108. The summed E-state index contributed by atoms with van der Waals surface area (Å²) in [5, 5.41) is 0. The van der Waals surface area contributed by atoms with Crippen molar-refractivity contribution in [3.05, 3.63) is 59.7 Å². The van der Waals surface area contributed by atoms with Gasteiger partial charge in [-0.05, 0) is 17.5 Å². The van der Waals surface area contributed by atoms with Crippen molar-refractivity contribution in [3.63, 3.8) is 0 Å². The minimum absolute atomic E-state index is 0.109. The Kier molecular flexibility index (Phi) is 5.38. The van der Waals surface area contributed by atoms with Gasteiger partial charge in [-0.2, -0.15) is 0 Å². The third kappa shape index (κ3) is 3.85. The van der Waals surface area contributed by atoms with Crippen molar-refractivity contribution < 1.29 is 14.3 Å². The molecule has 2 aromatic carbocycles. The Morgan fingerprint density at radius 1 is 1.10 bits per heavy atom. The third-order valence-corrected chi connectivity index (χ3v) is 3.43. The van der Waals surface area contributed by atoms with E-state index in [2.05, 4.69) is 0 Å². The van der Waals surface area contributed by atoms with Crippen molar-refractivity contribution >= 4 is 6.29 Å². The molecular weight excluding hydrogens is 264 g/mol. The van der Waals surface area contributed by atoms with Gasteiger partial charge in [-0.15, -0.1) is 0 Å². The van der Waals surface area contributed by atoms with Crippen LogP contribution in [0.2, 0.25) is 0 Å². The smallest absolute Gasteiger partial charge is 0.164 e. The summed E-state index contributed by atoms with van der Waals surface area (Å²) in [6, 6.07) is 15.8. The topological polar surface area (TPSA) is 35.5 Å². The molecule has 3 nitrogen and oxygen atoms in total. The highest BCUT2D eigenvalue weighted by Crippen LogP contribution is 2.36. The minimum atomic E-state index is 0.109. The molecule has 3 heteroatoms. The van der Waals surface area contributed by atoms with E-state index in [0.29, 0.717) is 24.5 Å². The molecule has 0 heterocycles. The third-order valence-electron chi connectivity index (χ3n) is 3.43. The second-order valence-electron chi connectivity index (χ2n) is 4.96. The Morgan fingerprint density at radius 3 is 2.52 bits per heavy atom. The molecule has 0 bridgehead atoms. The summed E-state index contributed by atoms with van der Waals surface area (Å²) in [5.41, 5.74) is 2.10. The first-order valence-electron chi connectivity index (χ1n) is 7.03. The average molecular weight is 284 g/mol. The van der Waals surface area contributed by atoms with Gasteiger partial charge in [0.05, 0.1) is 7.11 Å². The predicted molar refractivity (Wildman–Crippen MR) is 82.9 cm³/mol. The van der Waals surface area contributed by atoms with Gasteiger partial charge in [-0.3, -0.25) is 0 Å². The Hall–Kier alpha value is -2.29. The van der Waals surface area contributed by atoms with Crippen LogP contribution in [0.3, 0.4) is 0 Å². The van der Waals surface area contributed by atoms with Crippen molar-refractivity contribution in [3.8, 4) is 11.5 Å². The van der Waals surface area contributed by atoms with Crippen LogP contribution in [0.4, 0.5) is 0 Å². The summed E-state index contributed by atoms with van der Waals surface area (Å²) in [7, 11) is 1.63. The Balaban J connectivity index is 2.19. The number of benzene rings is 2. The molecule has 2 aromatic rings. The zero-order valence-electron chi connectivity index (χ0n) is 12.4. The molecule has 0 amide bonds. The van der Waals surface area contributed by atoms with Crippen molar-refractivity contribution in [2.24, 2.45) is 0 Å². The standard InChI is InChI=1S/C18H20O3/c1-14(11-12-19)16-9-6-10-17(18(16)20-2)21-13-15-7-4-3-5-8-15/h3-10,12,14H,11,13H2,1-2H3. The van der Waals surface area contributed by atoms with E-state index in [9.17, 15) is 4.79 Å². The van der Waals surface area contributed by atoms with Gasteiger partial charge in [0, 0.05) is 12.0 Å².